The first kappa shape index (κ1) is 12.7. The van der Waals surface area contributed by atoms with Crippen molar-refractivity contribution in [3.8, 4) is 0 Å². The minimum absolute atomic E-state index is 0.568. The lowest BCUT2D eigenvalue weighted by Crippen LogP contribution is -2.16. The molecule has 0 heterocycles. The molecule has 0 aliphatic carbocycles. The van der Waals surface area contributed by atoms with E-state index >= 15 is 0 Å². The number of nitrogens with one attached hydrogen (secondary N) is 1. The molecule has 0 saturated heterocycles. The van der Waals surface area contributed by atoms with Gasteiger partial charge in [-0.2, -0.15) is 5.10 Å². The van der Waals surface area contributed by atoms with Crippen LogP contribution in [0.4, 0.5) is 0 Å². The first-order valence-corrected chi connectivity index (χ1v) is 6.18. The first-order valence-electron chi connectivity index (χ1n) is 5.40. The van der Waals surface area contributed by atoms with Crippen molar-refractivity contribution in [3.05, 3.63) is 70.7 Å². The summed E-state index contributed by atoms with van der Waals surface area (Å²) in [5, 5.41) is 4.78. The number of thiocarbonyl (C=S) groups is 1. The summed E-state index contributed by atoms with van der Waals surface area (Å²) in [6.07, 6.45) is 1.72. The highest BCUT2D eigenvalue weighted by Gasteiger charge is 1.98. The topological polar surface area (TPSA) is 24.4 Å². The molecular weight excluding hydrogens is 264 g/mol. The number of rotatable bonds is 3. The van der Waals surface area contributed by atoms with Crippen molar-refractivity contribution < 1.29 is 0 Å². The van der Waals surface area contributed by atoms with Gasteiger partial charge in [-0.3, -0.25) is 5.43 Å². The summed E-state index contributed by atoms with van der Waals surface area (Å²) in [4.78, 5) is 0.568. The lowest BCUT2D eigenvalue weighted by atomic mass is 10.2. The summed E-state index contributed by atoms with van der Waals surface area (Å²) in [6, 6.07) is 17.1. The van der Waals surface area contributed by atoms with Crippen molar-refractivity contribution in [1.29, 1.82) is 0 Å². The molecule has 4 heteroatoms. The fourth-order valence-corrected chi connectivity index (χ4v) is 1.69. The van der Waals surface area contributed by atoms with E-state index in [1.807, 2.05) is 42.5 Å². The maximum Gasteiger partial charge on any atom is 0.126 e. The van der Waals surface area contributed by atoms with Crippen LogP contribution in [0.15, 0.2) is 59.7 Å². The Balaban J connectivity index is 1.96. The zero-order valence-electron chi connectivity index (χ0n) is 9.51. The molecule has 90 valence electrons. The molecule has 0 amide bonds. The highest BCUT2D eigenvalue weighted by Crippen LogP contribution is 2.09. The Kier molecular flexibility index (Phi) is 4.45. The maximum atomic E-state index is 5.81. The molecule has 0 aliphatic heterocycles. The van der Waals surface area contributed by atoms with E-state index < -0.39 is 0 Å². The molecule has 0 radical (unpaired) electrons. The third-order valence-electron chi connectivity index (χ3n) is 2.29. The second-order valence-corrected chi connectivity index (χ2v) is 4.46. The van der Waals surface area contributed by atoms with Crippen LogP contribution in [-0.2, 0) is 0 Å². The van der Waals surface area contributed by atoms with Crippen molar-refractivity contribution in [2.45, 2.75) is 0 Å². The Morgan fingerprint density at radius 3 is 2.39 bits per heavy atom. The van der Waals surface area contributed by atoms with Crippen LogP contribution in [0.2, 0.25) is 5.02 Å². The lowest BCUT2D eigenvalue weighted by molar-refractivity contribution is 1.06. The molecule has 0 spiro atoms. The molecule has 18 heavy (non-hydrogen) atoms. The number of hydrogen-bond acceptors (Lipinski definition) is 2. The molecule has 2 aromatic rings. The fraction of sp³-hybridized carbons (Fsp3) is 0. The van der Waals surface area contributed by atoms with Crippen LogP contribution in [0.1, 0.15) is 11.1 Å². The van der Waals surface area contributed by atoms with E-state index in [1.54, 1.807) is 18.3 Å². The van der Waals surface area contributed by atoms with E-state index in [-0.39, 0.29) is 0 Å². The number of halogens is 1. The molecule has 2 nitrogen and oxygen atoms in total. The molecule has 0 saturated carbocycles. The van der Waals surface area contributed by atoms with E-state index in [9.17, 15) is 0 Å². The molecular formula is C14H11ClN2S. The molecule has 0 aliphatic rings. The van der Waals surface area contributed by atoms with Crippen LogP contribution < -0.4 is 5.43 Å². The highest BCUT2D eigenvalue weighted by atomic mass is 35.5. The van der Waals surface area contributed by atoms with Gasteiger partial charge in [-0.1, -0.05) is 66.3 Å². The van der Waals surface area contributed by atoms with Crippen LogP contribution in [-0.4, -0.2) is 11.2 Å². The minimum atomic E-state index is 0.568. The van der Waals surface area contributed by atoms with Crippen LogP contribution >= 0.6 is 23.8 Å². The van der Waals surface area contributed by atoms with Gasteiger partial charge >= 0.3 is 0 Å². The predicted molar refractivity (Wildman–Crippen MR) is 80.3 cm³/mol. The second kappa shape index (κ2) is 6.28. The summed E-state index contributed by atoms with van der Waals surface area (Å²) in [5.74, 6) is 0. The Morgan fingerprint density at radius 1 is 1.06 bits per heavy atom. The first-order chi connectivity index (χ1) is 8.75. The van der Waals surface area contributed by atoms with E-state index in [1.165, 1.54) is 0 Å². The van der Waals surface area contributed by atoms with Crippen LogP contribution in [0.5, 0.6) is 0 Å². The lowest BCUT2D eigenvalue weighted by Gasteiger charge is -2.02. The van der Waals surface area contributed by atoms with Crippen LogP contribution in [0.3, 0.4) is 0 Å². The average molecular weight is 275 g/mol. The van der Waals surface area contributed by atoms with Gasteiger partial charge in [-0.15, -0.1) is 0 Å². The van der Waals surface area contributed by atoms with Crippen LogP contribution in [0.25, 0.3) is 0 Å². The molecule has 1 N–H and O–H groups in total. The molecule has 0 atom stereocenters. The Labute approximate surface area is 116 Å². The third kappa shape index (κ3) is 3.65. The van der Waals surface area contributed by atoms with Crippen molar-refractivity contribution in [1.82, 2.24) is 5.43 Å². The third-order valence-corrected chi connectivity index (χ3v) is 2.86. The maximum absolute atomic E-state index is 5.81. The Bertz CT molecular complexity index is 550. The predicted octanol–water partition coefficient (Wildman–Crippen LogP) is 3.64. The fourth-order valence-electron chi connectivity index (χ4n) is 1.37. The largest absolute Gasteiger partial charge is 0.267 e. The number of hydrazone groups is 1. The van der Waals surface area contributed by atoms with Crippen molar-refractivity contribution in [2.75, 3.05) is 0 Å². The number of nitrogens with zero attached hydrogens (tertiary/aromatic N) is 1. The molecule has 2 rings (SSSR count). The van der Waals surface area contributed by atoms with Gasteiger partial charge in [0.25, 0.3) is 0 Å². The van der Waals surface area contributed by atoms with Crippen molar-refractivity contribution in [3.63, 3.8) is 0 Å². The molecule has 0 unspecified atom stereocenters. The number of benzene rings is 2. The van der Waals surface area contributed by atoms with E-state index in [4.69, 9.17) is 23.8 Å². The molecule has 0 bridgehead atoms. The van der Waals surface area contributed by atoms with Gasteiger partial charge in [-0.05, 0) is 17.7 Å². The van der Waals surface area contributed by atoms with Crippen molar-refractivity contribution in [2.24, 2.45) is 5.10 Å². The van der Waals surface area contributed by atoms with Gasteiger partial charge in [0.2, 0.25) is 0 Å². The van der Waals surface area contributed by atoms with Gasteiger partial charge in [0.05, 0.1) is 6.21 Å². The van der Waals surface area contributed by atoms with E-state index in [0.29, 0.717) is 10.0 Å². The highest BCUT2D eigenvalue weighted by molar-refractivity contribution is 7.80. The summed E-state index contributed by atoms with van der Waals surface area (Å²) in [5.41, 5.74) is 4.73. The normalized spacial score (nSPS) is 10.5. The SMILES string of the molecule is S=C(N/N=C/c1ccccc1)c1ccc(Cl)cc1. The summed E-state index contributed by atoms with van der Waals surface area (Å²) >= 11 is 11.0. The smallest absolute Gasteiger partial charge is 0.126 e. The summed E-state index contributed by atoms with van der Waals surface area (Å²) in [7, 11) is 0. The average Bonchev–Trinajstić information content (AvgIpc) is 2.40. The quantitative estimate of drug-likeness (QED) is 0.525. The van der Waals surface area contributed by atoms with E-state index in [2.05, 4.69) is 10.5 Å². The zero-order valence-corrected chi connectivity index (χ0v) is 11.1. The molecule has 0 aromatic heterocycles. The molecule has 0 fully saturated rings. The van der Waals surface area contributed by atoms with Gasteiger partial charge in [0.1, 0.15) is 4.99 Å². The minimum Gasteiger partial charge on any atom is -0.267 e. The number of hydrogen-bond donors (Lipinski definition) is 1. The van der Waals surface area contributed by atoms with Gasteiger partial charge in [0.15, 0.2) is 0 Å². The van der Waals surface area contributed by atoms with Crippen molar-refractivity contribution >= 4 is 35.0 Å². The summed E-state index contributed by atoms with van der Waals surface area (Å²) < 4.78 is 0. The zero-order chi connectivity index (χ0) is 12.8. The van der Waals surface area contributed by atoms with Gasteiger partial charge in [-0.25, -0.2) is 0 Å². The van der Waals surface area contributed by atoms with Gasteiger partial charge in [0, 0.05) is 10.6 Å². The monoisotopic (exact) mass is 274 g/mol. The summed E-state index contributed by atoms with van der Waals surface area (Å²) in [6.45, 7) is 0. The Hall–Kier alpha value is -1.71. The standard InChI is InChI=1S/C14H11ClN2S/c15-13-8-6-12(7-9-13)14(18)17-16-10-11-4-2-1-3-5-11/h1-10H,(H,17,18)/b16-10+. The van der Waals surface area contributed by atoms with Crippen LogP contribution in [0, 0.1) is 0 Å². The van der Waals surface area contributed by atoms with E-state index in [0.717, 1.165) is 11.1 Å². The second-order valence-electron chi connectivity index (χ2n) is 3.62. The molecule has 2 aromatic carbocycles. The Morgan fingerprint density at radius 2 is 1.72 bits per heavy atom. The van der Waals surface area contributed by atoms with Gasteiger partial charge < -0.3 is 0 Å².